The Bertz CT molecular complexity index is 850. The highest BCUT2D eigenvalue weighted by atomic mass is 16.6. The van der Waals surface area contributed by atoms with Crippen LogP contribution in [0.25, 0.3) is 11.0 Å². The minimum absolute atomic E-state index is 0.0624. The molecule has 1 aromatic heterocycles. The smallest absolute Gasteiger partial charge is 0.329 e. The molecule has 0 aliphatic carbocycles. The molecule has 0 radical (unpaired) electrons. The lowest BCUT2D eigenvalue weighted by molar-refractivity contribution is -0.145. The molecular weight excluding hydrogens is 344 g/mol. The van der Waals surface area contributed by atoms with Gasteiger partial charge in [0.1, 0.15) is 12.3 Å². The van der Waals surface area contributed by atoms with E-state index in [9.17, 15) is 10.1 Å². The molecule has 0 saturated carbocycles. The zero-order valence-corrected chi connectivity index (χ0v) is 15.3. The first-order chi connectivity index (χ1) is 13.2. The molecule has 7 nitrogen and oxygen atoms in total. The standard InChI is InChI=1S/C20H22N4O3/c1-4-10-24(11-5-2)19-18(15(14-21)20(25)27-13-12-26-3)22-16-8-6-7-9-17(16)23-19/h4-9,15H,1-2,10-13H2,3H3/t15-/m1/s1. The summed E-state index contributed by atoms with van der Waals surface area (Å²) in [5, 5.41) is 9.64. The molecule has 2 rings (SSSR count). The largest absolute Gasteiger partial charge is 0.462 e. The maximum absolute atomic E-state index is 12.4. The van der Waals surface area contributed by atoms with E-state index in [1.54, 1.807) is 18.2 Å². The fraction of sp³-hybridized carbons (Fsp3) is 0.300. The molecule has 7 heteroatoms. The maximum atomic E-state index is 12.4. The maximum Gasteiger partial charge on any atom is 0.329 e. The van der Waals surface area contributed by atoms with E-state index in [-0.39, 0.29) is 18.9 Å². The van der Waals surface area contributed by atoms with Crippen molar-refractivity contribution in [1.82, 2.24) is 9.97 Å². The fourth-order valence-electron chi connectivity index (χ4n) is 2.52. The first kappa shape index (κ1) is 20.1. The minimum atomic E-state index is -1.20. The third-order valence-electron chi connectivity index (χ3n) is 3.75. The van der Waals surface area contributed by atoms with Crippen LogP contribution < -0.4 is 4.90 Å². The van der Waals surface area contributed by atoms with Crippen LogP contribution in [0.2, 0.25) is 0 Å². The quantitative estimate of drug-likeness (QED) is 0.363. The van der Waals surface area contributed by atoms with Gasteiger partial charge in [0.25, 0.3) is 0 Å². The third kappa shape index (κ3) is 4.90. The van der Waals surface area contributed by atoms with Crippen LogP contribution in [0.1, 0.15) is 11.6 Å². The molecule has 1 atom stereocenters. The predicted molar refractivity (Wildman–Crippen MR) is 103 cm³/mol. The molecule has 1 aromatic carbocycles. The van der Waals surface area contributed by atoms with Gasteiger partial charge >= 0.3 is 5.97 Å². The number of esters is 1. The van der Waals surface area contributed by atoms with E-state index < -0.39 is 11.9 Å². The van der Waals surface area contributed by atoms with Crippen molar-refractivity contribution in [2.24, 2.45) is 0 Å². The van der Waals surface area contributed by atoms with E-state index in [1.165, 1.54) is 7.11 Å². The number of benzene rings is 1. The normalized spacial score (nSPS) is 11.4. The average molecular weight is 366 g/mol. The Morgan fingerprint density at radius 3 is 2.41 bits per heavy atom. The van der Waals surface area contributed by atoms with E-state index in [2.05, 4.69) is 23.1 Å². The van der Waals surface area contributed by atoms with Gasteiger partial charge in [-0.3, -0.25) is 4.79 Å². The summed E-state index contributed by atoms with van der Waals surface area (Å²) in [6, 6.07) is 9.28. The number of nitriles is 1. The zero-order chi connectivity index (χ0) is 19.6. The topological polar surface area (TPSA) is 88.3 Å². The first-order valence-electron chi connectivity index (χ1n) is 8.44. The van der Waals surface area contributed by atoms with Gasteiger partial charge in [-0.2, -0.15) is 5.26 Å². The van der Waals surface area contributed by atoms with Crippen LogP contribution >= 0.6 is 0 Å². The summed E-state index contributed by atoms with van der Waals surface area (Å²) in [4.78, 5) is 23.5. The SMILES string of the molecule is C=CCN(CC=C)c1nc2ccccc2nc1[C@@H](C#N)C(=O)OCCOC. The Kier molecular flexibility index (Phi) is 7.47. The molecular formula is C20H22N4O3. The fourth-order valence-corrected chi connectivity index (χ4v) is 2.52. The van der Waals surface area contributed by atoms with E-state index in [0.29, 0.717) is 29.9 Å². The second kappa shape index (κ2) is 10.0. The summed E-state index contributed by atoms with van der Waals surface area (Å²) >= 11 is 0. The minimum Gasteiger partial charge on any atom is -0.462 e. The van der Waals surface area contributed by atoms with Crippen molar-refractivity contribution in [1.29, 1.82) is 5.26 Å². The van der Waals surface area contributed by atoms with E-state index >= 15 is 0 Å². The Labute approximate surface area is 158 Å². The Morgan fingerprint density at radius 2 is 1.85 bits per heavy atom. The molecule has 1 heterocycles. The molecule has 2 aromatic rings. The van der Waals surface area contributed by atoms with Crippen molar-refractivity contribution >= 4 is 22.8 Å². The number of methoxy groups -OCH3 is 1. The summed E-state index contributed by atoms with van der Waals surface area (Å²) in [6.45, 7) is 8.75. The number of hydrogen-bond donors (Lipinski definition) is 0. The Morgan fingerprint density at radius 1 is 1.22 bits per heavy atom. The molecule has 0 N–H and O–H groups in total. The molecule has 0 aliphatic heterocycles. The number of aromatic nitrogens is 2. The molecule has 0 bridgehead atoms. The molecule has 0 fully saturated rings. The first-order valence-corrected chi connectivity index (χ1v) is 8.44. The van der Waals surface area contributed by atoms with Gasteiger partial charge in [0.05, 0.1) is 23.7 Å². The van der Waals surface area contributed by atoms with Gasteiger partial charge in [0, 0.05) is 20.2 Å². The number of ether oxygens (including phenoxy) is 2. The van der Waals surface area contributed by atoms with Crippen LogP contribution in [0.15, 0.2) is 49.6 Å². The highest BCUT2D eigenvalue weighted by molar-refractivity contribution is 5.85. The molecule has 0 spiro atoms. The summed E-state index contributed by atoms with van der Waals surface area (Å²) in [6.07, 6.45) is 3.42. The van der Waals surface area contributed by atoms with Crippen molar-refractivity contribution in [2.75, 3.05) is 38.3 Å². The lowest BCUT2D eigenvalue weighted by Crippen LogP contribution is -2.28. The third-order valence-corrected chi connectivity index (χ3v) is 3.75. The van der Waals surface area contributed by atoms with Crippen LogP contribution in [-0.2, 0) is 14.3 Å². The average Bonchev–Trinajstić information content (AvgIpc) is 2.68. The second-order valence-electron chi connectivity index (χ2n) is 5.63. The van der Waals surface area contributed by atoms with Crippen molar-refractivity contribution in [2.45, 2.75) is 5.92 Å². The molecule has 0 aliphatic rings. The summed E-state index contributed by atoms with van der Waals surface area (Å²) in [5.74, 6) is -1.45. The van der Waals surface area contributed by atoms with Gasteiger partial charge in [-0.25, -0.2) is 9.97 Å². The van der Waals surface area contributed by atoms with Gasteiger partial charge in [-0.05, 0) is 12.1 Å². The van der Waals surface area contributed by atoms with Crippen molar-refractivity contribution in [3.63, 3.8) is 0 Å². The number of anilines is 1. The number of para-hydroxylation sites is 2. The number of rotatable bonds is 10. The number of fused-ring (bicyclic) bond motifs is 1. The molecule has 140 valence electrons. The van der Waals surface area contributed by atoms with Gasteiger partial charge in [0.2, 0.25) is 0 Å². The Hall–Kier alpha value is -3.24. The highest BCUT2D eigenvalue weighted by Gasteiger charge is 2.29. The van der Waals surface area contributed by atoms with E-state index in [4.69, 9.17) is 9.47 Å². The van der Waals surface area contributed by atoms with Gasteiger partial charge in [-0.15, -0.1) is 13.2 Å². The highest BCUT2D eigenvalue weighted by Crippen LogP contribution is 2.28. The van der Waals surface area contributed by atoms with E-state index in [0.717, 1.165) is 0 Å². The van der Waals surface area contributed by atoms with Crippen molar-refractivity contribution in [3.05, 3.63) is 55.3 Å². The molecule has 0 unspecified atom stereocenters. The lowest BCUT2D eigenvalue weighted by atomic mass is 10.1. The van der Waals surface area contributed by atoms with Crippen LogP contribution in [0.5, 0.6) is 0 Å². The molecule has 0 saturated heterocycles. The number of hydrogen-bond acceptors (Lipinski definition) is 7. The summed E-state index contributed by atoms with van der Waals surface area (Å²) in [7, 11) is 1.50. The van der Waals surface area contributed by atoms with Gasteiger partial charge in [0.15, 0.2) is 11.7 Å². The van der Waals surface area contributed by atoms with Crippen molar-refractivity contribution < 1.29 is 14.3 Å². The lowest BCUT2D eigenvalue weighted by Gasteiger charge is -2.24. The second-order valence-corrected chi connectivity index (χ2v) is 5.63. The van der Waals surface area contributed by atoms with Gasteiger partial charge in [-0.1, -0.05) is 24.3 Å². The summed E-state index contributed by atoms with van der Waals surface area (Å²) < 4.78 is 10.0. The number of nitrogens with zero attached hydrogens (tertiary/aromatic N) is 4. The monoisotopic (exact) mass is 366 g/mol. The zero-order valence-electron chi connectivity index (χ0n) is 15.3. The van der Waals surface area contributed by atoms with Crippen LogP contribution in [0.3, 0.4) is 0 Å². The van der Waals surface area contributed by atoms with E-state index in [1.807, 2.05) is 29.2 Å². The molecule has 0 amide bonds. The van der Waals surface area contributed by atoms with Crippen LogP contribution in [0, 0.1) is 11.3 Å². The van der Waals surface area contributed by atoms with Crippen molar-refractivity contribution in [3.8, 4) is 6.07 Å². The van der Waals surface area contributed by atoms with Crippen LogP contribution in [-0.4, -0.2) is 49.4 Å². The predicted octanol–water partition coefficient (Wildman–Crippen LogP) is 2.60. The molecule has 27 heavy (non-hydrogen) atoms. The van der Waals surface area contributed by atoms with Crippen LogP contribution in [0.4, 0.5) is 5.82 Å². The summed E-state index contributed by atoms with van der Waals surface area (Å²) in [5.41, 5.74) is 1.51. The van der Waals surface area contributed by atoms with Gasteiger partial charge < -0.3 is 14.4 Å². The Balaban J connectivity index is 2.54. The number of carbonyl (C=O) groups is 1. The number of carbonyl (C=O) groups excluding carboxylic acids is 1.